The molecule has 1 aliphatic rings. The summed E-state index contributed by atoms with van der Waals surface area (Å²) in [6.07, 6.45) is 6.60. The van der Waals surface area contributed by atoms with Gasteiger partial charge in [0.05, 0.1) is 11.6 Å². The van der Waals surface area contributed by atoms with Gasteiger partial charge in [0.1, 0.15) is 17.2 Å². The summed E-state index contributed by atoms with van der Waals surface area (Å²) in [5.74, 6) is 1.81. The minimum Gasteiger partial charge on any atom is -0.493 e. The zero-order valence-electron chi connectivity index (χ0n) is 17.4. The third kappa shape index (κ3) is 5.64. The van der Waals surface area contributed by atoms with Gasteiger partial charge in [0.2, 0.25) is 0 Å². The largest absolute Gasteiger partial charge is 0.493 e. The first-order valence-corrected chi connectivity index (χ1v) is 11.3. The first-order valence-electron chi connectivity index (χ1n) is 10.5. The minimum atomic E-state index is -0.136. The number of hydrogen-bond acceptors (Lipinski definition) is 3. The molecule has 1 N–H and O–H groups in total. The molecule has 164 valence electrons. The molecule has 1 heterocycles. The predicted octanol–water partition coefficient (Wildman–Crippen LogP) is 6.94. The van der Waals surface area contributed by atoms with Gasteiger partial charge < -0.3 is 14.8 Å². The molecule has 3 aromatic rings. The Balaban J connectivity index is 1.30. The lowest BCUT2D eigenvalue weighted by Gasteiger charge is -2.19. The summed E-state index contributed by atoms with van der Waals surface area (Å²) in [7, 11) is 0. The Bertz CT molecular complexity index is 1130. The molecule has 0 aliphatic carbocycles. The highest BCUT2D eigenvalue weighted by Crippen LogP contribution is 2.37. The van der Waals surface area contributed by atoms with Gasteiger partial charge in [0.15, 0.2) is 0 Å². The normalized spacial score (nSPS) is 12.8. The van der Waals surface area contributed by atoms with Gasteiger partial charge in [0, 0.05) is 23.2 Å². The second kappa shape index (κ2) is 10.6. The molecule has 0 aromatic heterocycles. The Hall–Kier alpha value is -2.95. The number of fused-ring (bicyclic) bond motifs is 1. The van der Waals surface area contributed by atoms with Gasteiger partial charge in [-0.1, -0.05) is 53.6 Å². The summed E-state index contributed by atoms with van der Waals surface area (Å²) in [5.41, 5.74) is 2.62. The first kappa shape index (κ1) is 22.3. The van der Waals surface area contributed by atoms with Gasteiger partial charge in [-0.05, 0) is 66.8 Å². The van der Waals surface area contributed by atoms with E-state index in [0.29, 0.717) is 46.7 Å². The molecule has 0 saturated heterocycles. The molecule has 4 rings (SSSR count). The smallest absolute Gasteiger partial charge is 0.251 e. The van der Waals surface area contributed by atoms with Gasteiger partial charge in [0.25, 0.3) is 5.91 Å². The quantitative estimate of drug-likeness (QED) is 0.382. The molecule has 0 fully saturated rings. The molecule has 6 heteroatoms. The fourth-order valence-corrected chi connectivity index (χ4v) is 3.85. The standard InChI is InChI=1S/C26H23Cl2NO3/c27-22-9-2-1-6-18(22)7-3-4-14-29-26(30)19-10-12-21(13-11-19)32-25-17-24-20(16-23(25)28)8-5-15-31-24/h1-3,6-7,9-13,16-17H,4-5,8,14-15H2,(H,29,30). The third-order valence-electron chi connectivity index (χ3n) is 5.11. The minimum absolute atomic E-state index is 0.136. The molecule has 1 aliphatic heterocycles. The molecule has 4 nitrogen and oxygen atoms in total. The number of hydrogen-bond donors (Lipinski definition) is 1. The zero-order valence-corrected chi connectivity index (χ0v) is 19.0. The molecule has 32 heavy (non-hydrogen) atoms. The number of benzene rings is 3. The molecule has 0 bridgehead atoms. The van der Waals surface area contributed by atoms with Crippen molar-refractivity contribution in [3.8, 4) is 17.2 Å². The summed E-state index contributed by atoms with van der Waals surface area (Å²) in [6.45, 7) is 1.23. The Morgan fingerprint density at radius 1 is 1.06 bits per heavy atom. The molecule has 0 saturated carbocycles. The Morgan fingerprint density at radius 3 is 2.69 bits per heavy atom. The van der Waals surface area contributed by atoms with E-state index >= 15 is 0 Å². The highest BCUT2D eigenvalue weighted by atomic mass is 35.5. The van der Waals surface area contributed by atoms with Crippen molar-refractivity contribution in [3.63, 3.8) is 0 Å². The number of amides is 1. The van der Waals surface area contributed by atoms with Crippen molar-refractivity contribution in [2.24, 2.45) is 0 Å². The summed E-state index contributed by atoms with van der Waals surface area (Å²) in [4.78, 5) is 12.4. The van der Waals surface area contributed by atoms with E-state index in [-0.39, 0.29) is 5.91 Å². The van der Waals surface area contributed by atoms with Crippen LogP contribution in [-0.4, -0.2) is 19.1 Å². The van der Waals surface area contributed by atoms with Crippen molar-refractivity contribution in [1.29, 1.82) is 0 Å². The van der Waals surface area contributed by atoms with Crippen LogP contribution in [0, 0.1) is 0 Å². The maximum Gasteiger partial charge on any atom is 0.251 e. The molecular weight excluding hydrogens is 445 g/mol. The first-order chi connectivity index (χ1) is 15.6. The van der Waals surface area contributed by atoms with Crippen LogP contribution in [0.1, 0.15) is 34.3 Å². The van der Waals surface area contributed by atoms with E-state index in [4.69, 9.17) is 32.7 Å². The van der Waals surface area contributed by atoms with E-state index in [1.54, 1.807) is 24.3 Å². The van der Waals surface area contributed by atoms with Gasteiger partial charge >= 0.3 is 0 Å². The van der Waals surface area contributed by atoms with Crippen LogP contribution >= 0.6 is 23.2 Å². The molecule has 0 unspecified atom stereocenters. The monoisotopic (exact) mass is 467 g/mol. The third-order valence-corrected chi connectivity index (χ3v) is 5.75. The average Bonchev–Trinajstić information content (AvgIpc) is 2.81. The van der Waals surface area contributed by atoms with Crippen LogP contribution in [0.2, 0.25) is 10.0 Å². The molecule has 0 atom stereocenters. The Kier molecular flexibility index (Phi) is 7.35. The number of rotatable bonds is 7. The van der Waals surface area contributed by atoms with Crippen molar-refractivity contribution in [2.75, 3.05) is 13.2 Å². The highest BCUT2D eigenvalue weighted by molar-refractivity contribution is 6.32. The maximum atomic E-state index is 12.4. The summed E-state index contributed by atoms with van der Waals surface area (Å²) >= 11 is 12.5. The molecule has 0 radical (unpaired) electrons. The van der Waals surface area contributed by atoms with E-state index in [1.807, 2.05) is 48.6 Å². The van der Waals surface area contributed by atoms with Crippen LogP contribution in [0.15, 0.2) is 66.7 Å². The number of carbonyl (C=O) groups is 1. The molecule has 3 aromatic carbocycles. The number of nitrogens with one attached hydrogen (secondary N) is 1. The van der Waals surface area contributed by atoms with Crippen LogP contribution < -0.4 is 14.8 Å². The van der Waals surface area contributed by atoms with Gasteiger partial charge in [-0.15, -0.1) is 0 Å². The van der Waals surface area contributed by atoms with Crippen LogP contribution in [-0.2, 0) is 6.42 Å². The number of carbonyl (C=O) groups excluding carboxylic acids is 1. The lowest BCUT2D eigenvalue weighted by Crippen LogP contribution is -2.23. The molecule has 1 amide bonds. The fourth-order valence-electron chi connectivity index (χ4n) is 3.42. The van der Waals surface area contributed by atoms with E-state index in [0.717, 1.165) is 29.7 Å². The summed E-state index contributed by atoms with van der Waals surface area (Å²) < 4.78 is 11.6. The van der Waals surface area contributed by atoms with Crippen molar-refractivity contribution >= 4 is 35.2 Å². The van der Waals surface area contributed by atoms with Crippen LogP contribution in [0.5, 0.6) is 17.2 Å². The lowest BCUT2D eigenvalue weighted by atomic mass is 10.1. The van der Waals surface area contributed by atoms with E-state index in [2.05, 4.69) is 5.32 Å². The predicted molar refractivity (Wildman–Crippen MR) is 129 cm³/mol. The van der Waals surface area contributed by atoms with Gasteiger partial charge in [-0.3, -0.25) is 4.79 Å². The lowest BCUT2D eigenvalue weighted by molar-refractivity contribution is 0.0954. The van der Waals surface area contributed by atoms with E-state index in [9.17, 15) is 4.79 Å². The van der Waals surface area contributed by atoms with Crippen molar-refractivity contribution < 1.29 is 14.3 Å². The summed E-state index contributed by atoms with van der Waals surface area (Å²) in [5, 5.41) is 4.16. The SMILES string of the molecule is O=C(NCCC=Cc1ccccc1Cl)c1ccc(Oc2cc3c(cc2Cl)CCCO3)cc1. The topological polar surface area (TPSA) is 47.6 Å². The molecular formula is C26H23Cl2NO3. The van der Waals surface area contributed by atoms with E-state index < -0.39 is 0 Å². The van der Waals surface area contributed by atoms with Gasteiger partial charge in [-0.25, -0.2) is 0 Å². The maximum absolute atomic E-state index is 12.4. The van der Waals surface area contributed by atoms with Crippen molar-refractivity contribution in [3.05, 3.63) is 93.5 Å². The number of ether oxygens (including phenoxy) is 2. The fraction of sp³-hybridized carbons (Fsp3) is 0.192. The van der Waals surface area contributed by atoms with Crippen LogP contribution in [0.3, 0.4) is 0 Å². The van der Waals surface area contributed by atoms with Crippen LogP contribution in [0.4, 0.5) is 0 Å². The van der Waals surface area contributed by atoms with Crippen molar-refractivity contribution in [2.45, 2.75) is 19.3 Å². The second-order valence-electron chi connectivity index (χ2n) is 7.44. The zero-order chi connectivity index (χ0) is 22.3. The summed E-state index contributed by atoms with van der Waals surface area (Å²) in [6, 6.07) is 18.3. The average molecular weight is 468 g/mol. The molecule has 0 spiro atoms. The number of halogens is 2. The van der Waals surface area contributed by atoms with Gasteiger partial charge in [-0.2, -0.15) is 0 Å². The highest BCUT2D eigenvalue weighted by Gasteiger charge is 2.15. The Labute approximate surface area is 197 Å². The Morgan fingerprint density at radius 2 is 1.88 bits per heavy atom. The van der Waals surface area contributed by atoms with Crippen molar-refractivity contribution in [1.82, 2.24) is 5.32 Å². The second-order valence-corrected chi connectivity index (χ2v) is 8.25. The number of aryl methyl sites for hydroxylation is 1. The van der Waals surface area contributed by atoms with Crippen LogP contribution in [0.25, 0.3) is 6.08 Å². The van der Waals surface area contributed by atoms with E-state index in [1.165, 1.54) is 0 Å².